The smallest absolute Gasteiger partial charge is 0.149 e. The molecule has 0 unspecified atom stereocenters. The summed E-state index contributed by atoms with van der Waals surface area (Å²) >= 11 is 0. The highest BCUT2D eigenvalue weighted by atomic mass is 19.1. The first-order valence-electron chi connectivity index (χ1n) is 8.68. The monoisotopic (exact) mass is 336 g/mol. The van der Waals surface area contributed by atoms with Crippen molar-refractivity contribution in [2.24, 2.45) is 0 Å². The molecule has 0 radical (unpaired) electrons. The standard InChI is InChI=1S/C20H21FN4/c1-15-6-8-16(9-7-15)24-10-3-11-25(13-12-24)20-17-4-2-5-18(21)19(17)22-14-23-20/h2,4-9,14H,3,10-13H2,1H3. The van der Waals surface area contributed by atoms with Gasteiger partial charge in [0.2, 0.25) is 0 Å². The molecule has 25 heavy (non-hydrogen) atoms. The zero-order valence-corrected chi connectivity index (χ0v) is 14.3. The van der Waals surface area contributed by atoms with Crippen LogP contribution in [0.15, 0.2) is 48.8 Å². The van der Waals surface area contributed by atoms with Crippen molar-refractivity contribution in [3.8, 4) is 0 Å². The summed E-state index contributed by atoms with van der Waals surface area (Å²) in [6.45, 7) is 5.80. The van der Waals surface area contributed by atoms with Gasteiger partial charge in [-0.15, -0.1) is 0 Å². The molecule has 0 amide bonds. The molecule has 0 atom stereocenters. The summed E-state index contributed by atoms with van der Waals surface area (Å²) in [5.74, 6) is 0.535. The van der Waals surface area contributed by atoms with E-state index in [-0.39, 0.29) is 5.82 Å². The van der Waals surface area contributed by atoms with Gasteiger partial charge in [0.05, 0.1) is 0 Å². The van der Waals surface area contributed by atoms with E-state index in [1.807, 2.05) is 6.07 Å². The molecule has 3 aromatic rings. The second-order valence-corrected chi connectivity index (χ2v) is 6.50. The largest absolute Gasteiger partial charge is 0.370 e. The molecule has 1 aliphatic heterocycles. The first-order chi connectivity index (χ1) is 12.2. The predicted molar refractivity (Wildman–Crippen MR) is 99.7 cm³/mol. The fraction of sp³-hybridized carbons (Fsp3) is 0.300. The van der Waals surface area contributed by atoms with E-state index in [9.17, 15) is 4.39 Å². The maximum atomic E-state index is 14.0. The Labute approximate surface area is 146 Å². The number of aromatic nitrogens is 2. The second kappa shape index (κ2) is 6.67. The Morgan fingerprint density at radius 1 is 0.880 bits per heavy atom. The molecule has 0 aliphatic carbocycles. The van der Waals surface area contributed by atoms with E-state index in [2.05, 4.69) is 51.0 Å². The van der Waals surface area contributed by atoms with Crippen molar-refractivity contribution < 1.29 is 4.39 Å². The first kappa shape index (κ1) is 15.8. The van der Waals surface area contributed by atoms with Crippen LogP contribution in [0.25, 0.3) is 10.9 Å². The van der Waals surface area contributed by atoms with Gasteiger partial charge in [0.1, 0.15) is 23.5 Å². The molecule has 4 nitrogen and oxygen atoms in total. The SMILES string of the molecule is Cc1ccc(N2CCCN(c3ncnc4c(F)cccc34)CC2)cc1. The predicted octanol–water partition coefficient (Wildman–Crippen LogP) is 3.79. The van der Waals surface area contributed by atoms with Crippen LogP contribution in [-0.2, 0) is 0 Å². The Bertz CT molecular complexity index is 879. The van der Waals surface area contributed by atoms with Gasteiger partial charge in [-0.3, -0.25) is 0 Å². The van der Waals surface area contributed by atoms with Gasteiger partial charge < -0.3 is 9.80 Å². The third-order valence-corrected chi connectivity index (χ3v) is 4.79. The topological polar surface area (TPSA) is 32.3 Å². The van der Waals surface area contributed by atoms with Gasteiger partial charge in [-0.25, -0.2) is 14.4 Å². The van der Waals surface area contributed by atoms with E-state index < -0.39 is 0 Å². The van der Waals surface area contributed by atoms with Crippen LogP contribution in [0.4, 0.5) is 15.9 Å². The molecule has 2 aromatic carbocycles. The molecular weight excluding hydrogens is 315 g/mol. The normalized spacial score (nSPS) is 15.4. The Balaban J connectivity index is 1.59. The number of rotatable bonds is 2. The van der Waals surface area contributed by atoms with Gasteiger partial charge in [-0.05, 0) is 37.6 Å². The van der Waals surface area contributed by atoms with Crippen LogP contribution in [0, 0.1) is 12.7 Å². The lowest BCUT2D eigenvalue weighted by molar-refractivity contribution is 0.636. The quantitative estimate of drug-likeness (QED) is 0.713. The van der Waals surface area contributed by atoms with Crippen LogP contribution in [0.3, 0.4) is 0 Å². The molecule has 0 spiro atoms. The molecule has 0 N–H and O–H groups in total. The number of nitrogens with zero attached hydrogens (tertiary/aromatic N) is 4. The summed E-state index contributed by atoms with van der Waals surface area (Å²) in [7, 11) is 0. The maximum Gasteiger partial charge on any atom is 0.149 e. The van der Waals surface area contributed by atoms with E-state index in [1.165, 1.54) is 23.6 Å². The van der Waals surface area contributed by atoms with Gasteiger partial charge in [0.15, 0.2) is 0 Å². The molecule has 0 saturated carbocycles. The molecule has 1 fully saturated rings. The van der Waals surface area contributed by atoms with Crippen molar-refractivity contribution >= 4 is 22.4 Å². The van der Waals surface area contributed by atoms with E-state index >= 15 is 0 Å². The number of halogens is 1. The Kier molecular flexibility index (Phi) is 4.22. The van der Waals surface area contributed by atoms with Crippen molar-refractivity contribution in [3.05, 3.63) is 60.2 Å². The molecule has 0 bridgehead atoms. The van der Waals surface area contributed by atoms with Gasteiger partial charge in [0.25, 0.3) is 0 Å². The zero-order valence-electron chi connectivity index (χ0n) is 14.3. The summed E-state index contributed by atoms with van der Waals surface area (Å²) in [6, 6.07) is 13.7. The van der Waals surface area contributed by atoms with Gasteiger partial charge in [0, 0.05) is 37.3 Å². The van der Waals surface area contributed by atoms with Crippen LogP contribution in [0.2, 0.25) is 0 Å². The lowest BCUT2D eigenvalue weighted by Crippen LogP contribution is -2.31. The Morgan fingerprint density at radius 3 is 2.48 bits per heavy atom. The van der Waals surface area contributed by atoms with Crippen molar-refractivity contribution in [1.29, 1.82) is 0 Å². The van der Waals surface area contributed by atoms with Crippen molar-refractivity contribution in [2.45, 2.75) is 13.3 Å². The molecule has 1 aliphatic rings. The van der Waals surface area contributed by atoms with E-state index in [4.69, 9.17) is 0 Å². The number of anilines is 2. The highest BCUT2D eigenvalue weighted by Gasteiger charge is 2.19. The van der Waals surface area contributed by atoms with Crippen molar-refractivity contribution in [2.75, 3.05) is 36.0 Å². The summed E-state index contributed by atoms with van der Waals surface area (Å²) in [5.41, 5.74) is 2.92. The third kappa shape index (κ3) is 3.14. The van der Waals surface area contributed by atoms with Gasteiger partial charge in [-0.1, -0.05) is 23.8 Å². The number of fused-ring (bicyclic) bond motifs is 1. The number of aryl methyl sites for hydroxylation is 1. The van der Waals surface area contributed by atoms with Crippen LogP contribution >= 0.6 is 0 Å². The van der Waals surface area contributed by atoms with E-state index in [0.29, 0.717) is 5.52 Å². The minimum Gasteiger partial charge on any atom is -0.370 e. The molecule has 2 heterocycles. The summed E-state index contributed by atoms with van der Waals surface area (Å²) in [6.07, 6.45) is 2.50. The number of hydrogen-bond donors (Lipinski definition) is 0. The van der Waals surface area contributed by atoms with Crippen LogP contribution < -0.4 is 9.80 Å². The van der Waals surface area contributed by atoms with Crippen LogP contribution in [-0.4, -0.2) is 36.1 Å². The average Bonchev–Trinajstić information content (AvgIpc) is 2.88. The lowest BCUT2D eigenvalue weighted by atomic mass is 10.2. The van der Waals surface area contributed by atoms with Gasteiger partial charge in [-0.2, -0.15) is 0 Å². The van der Waals surface area contributed by atoms with Gasteiger partial charge >= 0.3 is 0 Å². The minimum atomic E-state index is -0.294. The van der Waals surface area contributed by atoms with Crippen molar-refractivity contribution in [1.82, 2.24) is 9.97 Å². The molecule has 1 saturated heterocycles. The fourth-order valence-corrected chi connectivity index (χ4v) is 3.43. The minimum absolute atomic E-state index is 0.294. The highest BCUT2D eigenvalue weighted by Crippen LogP contribution is 2.26. The number of benzene rings is 2. The molecular formula is C20H21FN4. The second-order valence-electron chi connectivity index (χ2n) is 6.50. The fourth-order valence-electron chi connectivity index (χ4n) is 3.43. The summed E-state index contributed by atoms with van der Waals surface area (Å²) in [5, 5.41) is 0.784. The first-order valence-corrected chi connectivity index (χ1v) is 8.68. The molecule has 5 heteroatoms. The van der Waals surface area contributed by atoms with E-state index in [0.717, 1.165) is 43.8 Å². The zero-order chi connectivity index (χ0) is 17.2. The Hall–Kier alpha value is -2.69. The number of para-hydroxylation sites is 1. The summed E-state index contributed by atoms with van der Waals surface area (Å²) < 4.78 is 14.0. The molecule has 1 aromatic heterocycles. The highest BCUT2D eigenvalue weighted by molar-refractivity contribution is 5.89. The number of hydrogen-bond acceptors (Lipinski definition) is 4. The van der Waals surface area contributed by atoms with E-state index in [1.54, 1.807) is 6.07 Å². The Morgan fingerprint density at radius 2 is 1.64 bits per heavy atom. The third-order valence-electron chi connectivity index (χ3n) is 4.79. The lowest BCUT2D eigenvalue weighted by Gasteiger charge is -2.25. The summed E-state index contributed by atoms with van der Waals surface area (Å²) in [4.78, 5) is 13.2. The molecule has 4 rings (SSSR count). The van der Waals surface area contributed by atoms with Crippen molar-refractivity contribution in [3.63, 3.8) is 0 Å². The molecule has 128 valence electrons. The van der Waals surface area contributed by atoms with Crippen LogP contribution in [0.1, 0.15) is 12.0 Å². The van der Waals surface area contributed by atoms with Crippen LogP contribution in [0.5, 0.6) is 0 Å². The average molecular weight is 336 g/mol. The maximum absolute atomic E-state index is 14.0.